The molecule has 0 spiro atoms. The molecular formula is C14H14ClN3O3. The summed E-state index contributed by atoms with van der Waals surface area (Å²) in [6.45, 7) is 0.272. The number of benzene rings is 1. The maximum absolute atomic E-state index is 12.2. The topological polar surface area (TPSA) is 73.3 Å². The molecule has 0 aliphatic rings. The van der Waals surface area contributed by atoms with E-state index in [9.17, 15) is 4.79 Å². The maximum Gasteiger partial charge on any atom is 0.260 e. The number of ether oxygens (including phenoxy) is 2. The van der Waals surface area contributed by atoms with Gasteiger partial charge in [-0.1, -0.05) is 11.6 Å². The van der Waals surface area contributed by atoms with Crippen LogP contribution in [0.15, 0.2) is 30.5 Å². The van der Waals surface area contributed by atoms with E-state index in [1.807, 2.05) is 0 Å². The fraction of sp³-hybridized carbons (Fsp3) is 0.214. The van der Waals surface area contributed by atoms with Crippen molar-refractivity contribution in [1.29, 1.82) is 0 Å². The fourth-order valence-corrected chi connectivity index (χ4v) is 1.87. The van der Waals surface area contributed by atoms with Gasteiger partial charge in [-0.15, -0.1) is 0 Å². The first kappa shape index (κ1) is 15.2. The molecule has 0 radical (unpaired) electrons. The van der Waals surface area contributed by atoms with Crippen LogP contribution in [-0.2, 0) is 11.3 Å². The van der Waals surface area contributed by atoms with Gasteiger partial charge in [-0.25, -0.2) is 9.97 Å². The summed E-state index contributed by atoms with van der Waals surface area (Å²) in [5.74, 6) is 0.925. The molecule has 0 unspecified atom stereocenters. The van der Waals surface area contributed by atoms with E-state index in [0.29, 0.717) is 28.0 Å². The van der Waals surface area contributed by atoms with E-state index in [1.54, 1.807) is 37.6 Å². The first-order valence-electron chi connectivity index (χ1n) is 6.10. The van der Waals surface area contributed by atoms with Gasteiger partial charge in [-0.3, -0.25) is 4.79 Å². The van der Waals surface area contributed by atoms with Crippen molar-refractivity contribution < 1.29 is 14.3 Å². The third-order valence-corrected chi connectivity index (χ3v) is 2.86. The minimum absolute atomic E-state index is 0.272. The summed E-state index contributed by atoms with van der Waals surface area (Å²) in [5, 5.41) is 3.18. The molecule has 7 heteroatoms. The van der Waals surface area contributed by atoms with Crippen LogP contribution in [0.2, 0.25) is 5.02 Å². The molecule has 0 bridgehead atoms. The zero-order valence-corrected chi connectivity index (χ0v) is 12.3. The van der Waals surface area contributed by atoms with Gasteiger partial charge in [0, 0.05) is 18.3 Å². The van der Waals surface area contributed by atoms with Crippen LogP contribution in [-0.4, -0.2) is 30.1 Å². The lowest BCUT2D eigenvalue weighted by Gasteiger charge is -2.09. The zero-order chi connectivity index (χ0) is 15.2. The second-order valence-corrected chi connectivity index (χ2v) is 4.53. The molecule has 1 heterocycles. The third kappa shape index (κ3) is 3.90. The summed E-state index contributed by atoms with van der Waals surface area (Å²) in [4.78, 5) is 20.4. The van der Waals surface area contributed by atoms with Crippen molar-refractivity contribution in [3.05, 3.63) is 46.9 Å². The van der Waals surface area contributed by atoms with Gasteiger partial charge >= 0.3 is 0 Å². The van der Waals surface area contributed by atoms with Crippen molar-refractivity contribution in [2.75, 3.05) is 19.5 Å². The van der Waals surface area contributed by atoms with Gasteiger partial charge in [-0.2, -0.15) is 0 Å². The number of methoxy groups -OCH3 is 2. The lowest BCUT2D eigenvalue weighted by molar-refractivity contribution is 0.102. The Kier molecular flexibility index (Phi) is 5.08. The Morgan fingerprint density at radius 2 is 2.14 bits per heavy atom. The average molecular weight is 308 g/mol. The standard InChI is InChI=1S/C14H14ClN3O3/c1-20-8-13-16-6-5-12(17-13)18-14(19)10-4-3-9(15)7-11(10)21-2/h3-7H,8H2,1-2H3,(H,16,17,18,19). The number of halogens is 1. The van der Waals surface area contributed by atoms with Gasteiger partial charge in [-0.05, 0) is 24.3 Å². The second-order valence-electron chi connectivity index (χ2n) is 4.09. The molecule has 2 rings (SSSR count). The van der Waals surface area contributed by atoms with Crippen molar-refractivity contribution in [1.82, 2.24) is 9.97 Å². The Hall–Kier alpha value is -2.18. The Bertz CT molecular complexity index is 649. The molecule has 0 fully saturated rings. The molecule has 1 N–H and O–H groups in total. The largest absolute Gasteiger partial charge is 0.496 e. The Morgan fingerprint density at radius 3 is 2.86 bits per heavy atom. The van der Waals surface area contributed by atoms with Crippen molar-refractivity contribution in [2.24, 2.45) is 0 Å². The number of carbonyl (C=O) groups excluding carboxylic acids is 1. The van der Waals surface area contributed by atoms with E-state index >= 15 is 0 Å². The molecule has 6 nitrogen and oxygen atoms in total. The Morgan fingerprint density at radius 1 is 1.33 bits per heavy atom. The minimum Gasteiger partial charge on any atom is -0.496 e. The highest BCUT2D eigenvalue weighted by molar-refractivity contribution is 6.31. The van der Waals surface area contributed by atoms with Crippen LogP contribution < -0.4 is 10.1 Å². The Balaban J connectivity index is 2.20. The third-order valence-electron chi connectivity index (χ3n) is 2.63. The number of aromatic nitrogens is 2. The molecule has 110 valence electrons. The van der Waals surface area contributed by atoms with Crippen molar-refractivity contribution in [3.8, 4) is 5.75 Å². The number of anilines is 1. The minimum atomic E-state index is -0.342. The summed E-state index contributed by atoms with van der Waals surface area (Å²) >= 11 is 5.87. The smallest absolute Gasteiger partial charge is 0.260 e. The highest BCUT2D eigenvalue weighted by atomic mass is 35.5. The van der Waals surface area contributed by atoms with Crippen molar-refractivity contribution in [3.63, 3.8) is 0 Å². The predicted molar refractivity (Wildman–Crippen MR) is 78.7 cm³/mol. The van der Waals surface area contributed by atoms with E-state index in [4.69, 9.17) is 21.1 Å². The van der Waals surface area contributed by atoms with Crippen LogP contribution in [0.5, 0.6) is 5.75 Å². The molecule has 21 heavy (non-hydrogen) atoms. The lowest BCUT2D eigenvalue weighted by Crippen LogP contribution is -2.15. The molecule has 0 aliphatic heterocycles. The number of nitrogens with one attached hydrogen (secondary N) is 1. The molecule has 0 saturated heterocycles. The number of nitrogens with zero attached hydrogens (tertiary/aromatic N) is 2. The summed E-state index contributed by atoms with van der Waals surface area (Å²) in [6.07, 6.45) is 1.55. The SMILES string of the molecule is COCc1nccc(NC(=O)c2ccc(Cl)cc2OC)n1. The van der Waals surface area contributed by atoms with Gasteiger partial charge in [0.2, 0.25) is 0 Å². The van der Waals surface area contributed by atoms with E-state index in [2.05, 4.69) is 15.3 Å². The van der Waals surface area contributed by atoms with Gasteiger partial charge in [0.15, 0.2) is 5.82 Å². The van der Waals surface area contributed by atoms with Gasteiger partial charge in [0.1, 0.15) is 18.2 Å². The summed E-state index contributed by atoms with van der Waals surface area (Å²) in [6, 6.07) is 6.38. The van der Waals surface area contributed by atoms with Crippen LogP contribution in [0.3, 0.4) is 0 Å². The van der Waals surface area contributed by atoms with Crippen LogP contribution in [0.4, 0.5) is 5.82 Å². The average Bonchev–Trinajstić information content (AvgIpc) is 2.47. The molecule has 0 atom stereocenters. The summed E-state index contributed by atoms with van der Waals surface area (Å²) in [5.41, 5.74) is 0.369. The van der Waals surface area contributed by atoms with Gasteiger partial charge in [0.25, 0.3) is 5.91 Å². The summed E-state index contributed by atoms with van der Waals surface area (Å²) < 4.78 is 10.1. The zero-order valence-electron chi connectivity index (χ0n) is 11.6. The van der Waals surface area contributed by atoms with Crippen LogP contribution in [0.25, 0.3) is 0 Å². The predicted octanol–water partition coefficient (Wildman–Crippen LogP) is 2.54. The molecule has 2 aromatic rings. The normalized spacial score (nSPS) is 10.2. The van der Waals surface area contributed by atoms with Crippen LogP contribution in [0.1, 0.15) is 16.2 Å². The Labute approximate surface area is 127 Å². The lowest BCUT2D eigenvalue weighted by atomic mass is 10.2. The van der Waals surface area contributed by atoms with Crippen molar-refractivity contribution in [2.45, 2.75) is 6.61 Å². The first-order chi connectivity index (χ1) is 10.1. The number of carbonyl (C=O) groups is 1. The maximum atomic E-state index is 12.2. The molecular weight excluding hydrogens is 294 g/mol. The number of amides is 1. The van der Waals surface area contributed by atoms with Crippen molar-refractivity contribution >= 4 is 23.3 Å². The number of hydrogen-bond donors (Lipinski definition) is 1. The highest BCUT2D eigenvalue weighted by Gasteiger charge is 2.13. The quantitative estimate of drug-likeness (QED) is 0.919. The van der Waals surface area contributed by atoms with Crippen LogP contribution in [0, 0.1) is 0 Å². The van der Waals surface area contributed by atoms with Gasteiger partial charge < -0.3 is 14.8 Å². The van der Waals surface area contributed by atoms with E-state index in [-0.39, 0.29) is 12.5 Å². The van der Waals surface area contributed by atoms with E-state index < -0.39 is 0 Å². The molecule has 1 aromatic carbocycles. The van der Waals surface area contributed by atoms with E-state index in [0.717, 1.165) is 0 Å². The molecule has 1 aromatic heterocycles. The molecule has 0 saturated carbocycles. The number of hydrogen-bond acceptors (Lipinski definition) is 5. The number of rotatable bonds is 5. The molecule has 0 aliphatic carbocycles. The van der Waals surface area contributed by atoms with Gasteiger partial charge in [0.05, 0.1) is 12.7 Å². The second kappa shape index (κ2) is 7.01. The van der Waals surface area contributed by atoms with Crippen LogP contribution >= 0.6 is 11.6 Å². The monoisotopic (exact) mass is 307 g/mol. The first-order valence-corrected chi connectivity index (χ1v) is 6.47. The highest BCUT2D eigenvalue weighted by Crippen LogP contribution is 2.23. The van der Waals surface area contributed by atoms with E-state index in [1.165, 1.54) is 7.11 Å². The molecule has 1 amide bonds. The summed E-state index contributed by atoms with van der Waals surface area (Å²) in [7, 11) is 3.02. The fourth-order valence-electron chi connectivity index (χ4n) is 1.70.